The largest absolute Gasteiger partial charge is 0.493 e. The molecular formula is C24H24F4O3. The summed E-state index contributed by atoms with van der Waals surface area (Å²) in [6.07, 6.45) is 6.42. The maximum atomic E-state index is 15.0. The zero-order valence-electron chi connectivity index (χ0n) is 17.5. The van der Waals surface area contributed by atoms with E-state index in [1.165, 1.54) is 6.07 Å². The minimum absolute atomic E-state index is 0.00109. The topological polar surface area (TPSA) is 31.6 Å². The molecule has 0 N–H and O–H groups in total. The summed E-state index contributed by atoms with van der Waals surface area (Å²) >= 11 is 0. The molecule has 2 aromatic carbocycles. The highest BCUT2D eigenvalue weighted by atomic mass is 19.2. The molecular weight excluding hydrogens is 412 g/mol. The number of unbranched alkanes of at least 4 members (excludes halogenated alkanes) is 2. The van der Waals surface area contributed by atoms with Crippen LogP contribution in [0.15, 0.2) is 28.4 Å². The first-order valence-corrected chi connectivity index (χ1v) is 10.6. The van der Waals surface area contributed by atoms with Gasteiger partial charge >= 0.3 is 0 Å². The van der Waals surface area contributed by atoms with E-state index in [0.29, 0.717) is 6.42 Å². The van der Waals surface area contributed by atoms with Crippen molar-refractivity contribution < 1.29 is 31.5 Å². The molecule has 0 saturated heterocycles. The number of furan rings is 1. The lowest BCUT2D eigenvalue weighted by Gasteiger charge is -2.24. The molecule has 1 aliphatic rings. The van der Waals surface area contributed by atoms with Gasteiger partial charge in [-0.05, 0) is 44.2 Å². The standard InChI is InChI=1S/C24H24F4O3/c1-3-5-6-7-13-8-9-15(30-12-13)14-10-16-19(23(27)21(14)25)20-17(31-16)11-18(29-4-2)22(26)24(20)28/h10-12,15H,3-9H2,1-2H3. The highest BCUT2D eigenvalue weighted by Crippen LogP contribution is 2.41. The molecule has 1 aliphatic heterocycles. The van der Waals surface area contributed by atoms with Crippen LogP contribution in [0, 0.1) is 23.3 Å². The van der Waals surface area contributed by atoms with Crippen LogP contribution >= 0.6 is 0 Å². The van der Waals surface area contributed by atoms with E-state index in [2.05, 4.69) is 6.92 Å². The van der Waals surface area contributed by atoms with Gasteiger partial charge in [-0.1, -0.05) is 19.8 Å². The summed E-state index contributed by atoms with van der Waals surface area (Å²) in [7, 11) is 0. The summed E-state index contributed by atoms with van der Waals surface area (Å²) in [5, 5.41) is -0.871. The Morgan fingerprint density at radius 1 is 0.935 bits per heavy atom. The number of halogens is 4. The fourth-order valence-electron chi connectivity index (χ4n) is 4.08. The number of hydrogen-bond donors (Lipinski definition) is 0. The predicted molar refractivity (Wildman–Crippen MR) is 110 cm³/mol. The first-order valence-electron chi connectivity index (χ1n) is 10.6. The highest BCUT2D eigenvalue weighted by molar-refractivity contribution is 6.06. The fourth-order valence-corrected chi connectivity index (χ4v) is 4.08. The van der Waals surface area contributed by atoms with Gasteiger partial charge in [-0.15, -0.1) is 0 Å². The third kappa shape index (κ3) is 3.86. The molecule has 1 aromatic heterocycles. The Morgan fingerprint density at radius 2 is 1.65 bits per heavy atom. The number of allylic oxidation sites excluding steroid dienone is 1. The number of ether oxygens (including phenoxy) is 2. The first kappa shape index (κ1) is 21.5. The van der Waals surface area contributed by atoms with Gasteiger partial charge < -0.3 is 13.9 Å². The van der Waals surface area contributed by atoms with E-state index in [9.17, 15) is 17.6 Å². The van der Waals surface area contributed by atoms with Gasteiger partial charge in [0, 0.05) is 11.6 Å². The van der Waals surface area contributed by atoms with E-state index < -0.39 is 40.1 Å². The summed E-state index contributed by atoms with van der Waals surface area (Å²) < 4.78 is 75.2. The van der Waals surface area contributed by atoms with E-state index in [1.807, 2.05) is 0 Å². The van der Waals surface area contributed by atoms with Crippen molar-refractivity contribution in [1.82, 2.24) is 0 Å². The summed E-state index contributed by atoms with van der Waals surface area (Å²) in [6.45, 7) is 3.86. The molecule has 0 spiro atoms. The summed E-state index contributed by atoms with van der Waals surface area (Å²) in [4.78, 5) is 0. The van der Waals surface area contributed by atoms with Crippen molar-refractivity contribution in [2.45, 2.75) is 58.5 Å². The van der Waals surface area contributed by atoms with Crippen molar-refractivity contribution in [2.24, 2.45) is 0 Å². The predicted octanol–water partition coefficient (Wildman–Crippen LogP) is 7.86. The molecule has 0 fully saturated rings. The molecule has 166 valence electrons. The van der Waals surface area contributed by atoms with E-state index >= 15 is 0 Å². The Bertz CT molecular complexity index is 1150. The number of hydrogen-bond acceptors (Lipinski definition) is 3. The van der Waals surface area contributed by atoms with Crippen LogP contribution in [0.4, 0.5) is 17.6 Å². The van der Waals surface area contributed by atoms with E-state index in [1.54, 1.807) is 13.2 Å². The Morgan fingerprint density at radius 3 is 2.29 bits per heavy atom. The third-order valence-corrected chi connectivity index (χ3v) is 5.68. The van der Waals surface area contributed by atoms with Crippen molar-refractivity contribution in [1.29, 1.82) is 0 Å². The van der Waals surface area contributed by atoms with Crippen LogP contribution in [0.1, 0.15) is 64.0 Å². The van der Waals surface area contributed by atoms with Gasteiger partial charge in [-0.3, -0.25) is 0 Å². The van der Waals surface area contributed by atoms with Crippen molar-refractivity contribution >= 4 is 21.9 Å². The van der Waals surface area contributed by atoms with Crippen molar-refractivity contribution in [3.05, 3.63) is 52.8 Å². The SMILES string of the molecule is CCCCCC1=COC(c2cc3oc4cc(OCC)c(F)c(F)c4c3c(F)c2F)CC1. The molecule has 1 unspecified atom stereocenters. The second-order valence-corrected chi connectivity index (χ2v) is 7.77. The van der Waals surface area contributed by atoms with Crippen LogP contribution in [-0.2, 0) is 4.74 Å². The molecule has 3 nitrogen and oxygen atoms in total. The Balaban J connectivity index is 1.73. The first-order chi connectivity index (χ1) is 15.0. The second kappa shape index (κ2) is 8.81. The van der Waals surface area contributed by atoms with Crippen LogP contribution < -0.4 is 4.74 Å². The van der Waals surface area contributed by atoms with Crippen LogP contribution in [0.5, 0.6) is 5.75 Å². The van der Waals surface area contributed by atoms with Gasteiger partial charge in [0.25, 0.3) is 0 Å². The van der Waals surface area contributed by atoms with E-state index in [-0.39, 0.29) is 29.1 Å². The molecule has 31 heavy (non-hydrogen) atoms. The van der Waals surface area contributed by atoms with Gasteiger partial charge in [-0.25, -0.2) is 13.2 Å². The van der Waals surface area contributed by atoms with Crippen molar-refractivity contribution in [2.75, 3.05) is 6.61 Å². The number of fused-ring (bicyclic) bond motifs is 3. The quantitative estimate of drug-likeness (QED) is 0.279. The van der Waals surface area contributed by atoms with Crippen LogP contribution in [0.2, 0.25) is 0 Å². The lowest BCUT2D eigenvalue weighted by molar-refractivity contribution is 0.115. The molecule has 0 saturated carbocycles. The second-order valence-electron chi connectivity index (χ2n) is 7.77. The Hall–Kier alpha value is -2.70. The smallest absolute Gasteiger partial charge is 0.201 e. The molecule has 1 atom stereocenters. The summed E-state index contributed by atoms with van der Waals surface area (Å²) in [5.74, 6) is -5.37. The van der Waals surface area contributed by atoms with Crippen molar-refractivity contribution in [3.8, 4) is 5.75 Å². The normalized spacial score (nSPS) is 16.6. The average Bonchev–Trinajstić information content (AvgIpc) is 3.14. The monoisotopic (exact) mass is 436 g/mol. The maximum absolute atomic E-state index is 15.0. The summed E-state index contributed by atoms with van der Waals surface area (Å²) in [6, 6.07) is 2.46. The number of benzene rings is 2. The fraction of sp³-hybridized carbons (Fsp3) is 0.417. The minimum atomic E-state index is -1.33. The Kier molecular flexibility index (Phi) is 6.12. The molecule has 0 bridgehead atoms. The number of rotatable bonds is 7. The summed E-state index contributed by atoms with van der Waals surface area (Å²) in [5.41, 5.74) is 0.961. The maximum Gasteiger partial charge on any atom is 0.201 e. The lowest BCUT2D eigenvalue weighted by Crippen LogP contribution is -2.10. The molecule has 2 heterocycles. The minimum Gasteiger partial charge on any atom is -0.493 e. The van der Waals surface area contributed by atoms with Gasteiger partial charge in [0.05, 0.1) is 23.6 Å². The molecule has 0 amide bonds. The zero-order chi connectivity index (χ0) is 22.1. The molecule has 0 aliphatic carbocycles. The van der Waals surface area contributed by atoms with Gasteiger partial charge in [0.2, 0.25) is 5.82 Å². The van der Waals surface area contributed by atoms with E-state index in [4.69, 9.17) is 13.9 Å². The van der Waals surface area contributed by atoms with Crippen molar-refractivity contribution in [3.63, 3.8) is 0 Å². The molecule has 4 rings (SSSR count). The van der Waals surface area contributed by atoms with Gasteiger partial charge in [0.1, 0.15) is 17.3 Å². The van der Waals surface area contributed by atoms with Gasteiger partial charge in [-0.2, -0.15) is 4.39 Å². The van der Waals surface area contributed by atoms with Crippen LogP contribution in [0.3, 0.4) is 0 Å². The molecule has 7 heteroatoms. The van der Waals surface area contributed by atoms with Gasteiger partial charge in [0.15, 0.2) is 23.2 Å². The lowest BCUT2D eigenvalue weighted by atomic mass is 9.95. The third-order valence-electron chi connectivity index (χ3n) is 5.68. The molecule has 0 radical (unpaired) electrons. The highest BCUT2D eigenvalue weighted by Gasteiger charge is 2.29. The van der Waals surface area contributed by atoms with Crippen LogP contribution in [-0.4, -0.2) is 6.61 Å². The molecule has 3 aromatic rings. The van der Waals surface area contributed by atoms with E-state index in [0.717, 1.165) is 43.7 Å². The zero-order valence-corrected chi connectivity index (χ0v) is 17.5. The Labute approximate surface area is 177 Å². The average molecular weight is 436 g/mol. The van der Waals surface area contributed by atoms with Crippen LogP contribution in [0.25, 0.3) is 21.9 Å².